The molecule has 1 heterocycles. The number of aromatic nitrogens is 2. The van der Waals surface area contributed by atoms with E-state index in [0.29, 0.717) is 6.61 Å². The molecule has 112 valence electrons. The molecule has 1 N–H and O–H groups in total. The average molecular weight is 289 g/mol. The molecule has 0 saturated carbocycles. The summed E-state index contributed by atoms with van der Waals surface area (Å²) in [5.74, 6) is -0.467. The predicted octanol–water partition coefficient (Wildman–Crippen LogP) is 2.81. The molecule has 1 aromatic carbocycles. The van der Waals surface area contributed by atoms with Crippen molar-refractivity contribution in [2.75, 3.05) is 13.2 Å². The Balaban J connectivity index is 1.75. The van der Waals surface area contributed by atoms with Crippen LogP contribution < -0.4 is 10.1 Å². The first-order valence-electron chi connectivity index (χ1n) is 6.90. The van der Waals surface area contributed by atoms with Gasteiger partial charge in [0.05, 0.1) is 19.0 Å². The van der Waals surface area contributed by atoms with Crippen LogP contribution in [0.25, 0.3) is 0 Å². The van der Waals surface area contributed by atoms with Crippen LogP contribution >= 0.6 is 0 Å². The van der Waals surface area contributed by atoms with Gasteiger partial charge in [-0.3, -0.25) is 0 Å². The van der Waals surface area contributed by atoms with Crippen LogP contribution in [0.3, 0.4) is 0 Å². The van der Waals surface area contributed by atoms with E-state index in [1.54, 1.807) is 0 Å². The molecule has 4 nitrogen and oxygen atoms in total. The minimum Gasteiger partial charge on any atom is -0.463 e. The van der Waals surface area contributed by atoms with Crippen molar-refractivity contribution < 1.29 is 9.13 Å². The van der Waals surface area contributed by atoms with Gasteiger partial charge in [0.2, 0.25) is 0 Å². The van der Waals surface area contributed by atoms with Gasteiger partial charge in [0.25, 0.3) is 0 Å². The SMILES string of the molecule is CC(C)(CNCc1ccccc1)COc1ncc(F)cn1. The summed E-state index contributed by atoms with van der Waals surface area (Å²) in [6.45, 7) is 6.25. The first-order valence-corrected chi connectivity index (χ1v) is 6.90. The summed E-state index contributed by atoms with van der Waals surface area (Å²) < 4.78 is 18.2. The summed E-state index contributed by atoms with van der Waals surface area (Å²) in [6, 6.07) is 10.4. The van der Waals surface area contributed by atoms with E-state index < -0.39 is 5.82 Å². The van der Waals surface area contributed by atoms with Crippen LogP contribution in [0.1, 0.15) is 19.4 Å². The molecule has 0 atom stereocenters. The summed E-state index contributed by atoms with van der Waals surface area (Å²) in [5.41, 5.74) is 1.17. The topological polar surface area (TPSA) is 47.0 Å². The van der Waals surface area contributed by atoms with Gasteiger partial charge in [-0.25, -0.2) is 14.4 Å². The lowest BCUT2D eigenvalue weighted by Gasteiger charge is -2.24. The largest absolute Gasteiger partial charge is 0.463 e. The highest BCUT2D eigenvalue weighted by Crippen LogP contribution is 2.15. The Labute approximate surface area is 124 Å². The Morgan fingerprint density at radius 2 is 1.81 bits per heavy atom. The molecule has 5 heteroatoms. The van der Waals surface area contributed by atoms with Crippen LogP contribution in [-0.2, 0) is 6.54 Å². The monoisotopic (exact) mass is 289 g/mol. The highest BCUT2D eigenvalue weighted by Gasteiger charge is 2.19. The molecule has 0 saturated heterocycles. The zero-order valence-electron chi connectivity index (χ0n) is 12.3. The molecule has 0 aliphatic rings. The maximum atomic E-state index is 12.7. The lowest BCUT2D eigenvalue weighted by molar-refractivity contribution is 0.164. The maximum absolute atomic E-state index is 12.7. The molecule has 0 aliphatic heterocycles. The molecule has 0 radical (unpaired) electrons. The normalized spacial score (nSPS) is 11.4. The van der Waals surface area contributed by atoms with Crippen molar-refractivity contribution in [3.63, 3.8) is 0 Å². The molecule has 21 heavy (non-hydrogen) atoms. The van der Waals surface area contributed by atoms with Crippen molar-refractivity contribution in [1.82, 2.24) is 15.3 Å². The zero-order chi connectivity index (χ0) is 15.1. The van der Waals surface area contributed by atoms with Crippen molar-refractivity contribution in [1.29, 1.82) is 0 Å². The van der Waals surface area contributed by atoms with Crippen LogP contribution in [0, 0.1) is 11.2 Å². The number of halogens is 1. The van der Waals surface area contributed by atoms with Crippen molar-refractivity contribution in [2.24, 2.45) is 5.41 Å². The third kappa shape index (κ3) is 5.47. The number of ether oxygens (including phenoxy) is 1. The molecule has 0 fully saturated rings. The van der Waals surface area contributed by atoms with E-state index in [4.69, 9.17) is 4.74 Å². The van der Waals surface area contributed by atoms with E-state index in [0.717, 1.165) is 25.5 Å². The van der Waals surface area contributed by atoms with Gasteiger partial charge in [0, 0.05) is 18.5 Å². The Morgan fingerprint density at radius 3 is 2.48 bits per heavy atom. The Morgan fingerprint density at radius 1 is 1.14 bits per heavy atom. The Bertz CT molecular complexity index is 543. The highest BCUT2D eigenvalue weighted by molar-refractivity contribution is 5.14. The van der Waals surface area contributed by atoms with Gasteiger partial charge >= 0.3 is 6.01 Å². The molecule has 2 aromatic rings. The van der Waals surface area contributed by atoms with Gasteiger partial charge in [-0.05, 0) is 5.56 Å². The first-order chi connectivity index (χ1) is 10.1. The quantitative estimate of drug-likeness (QED) is 0.851. The lowest BCUT2D eigenvalue weighted by Crippen LogP contribution is -2.34. The number of hydrogen-bond acceptors (Lipinski definition) is 4. The number of hydrogen-bond donors (Lipinski definition) is 1. The van der Waals surface area contributed by atoms with Crippen LogP contribution in [-0.4, -0.2) is 23.1 Å². The van der Waals surface area contributed by atoms with Crippen LogP contribution in [0.15, 0.2) is 42.7 Å². The predicted molar refractivity (Wildman–Crippen MR) is 79.4 cm³/mol. The number of nitrogens with one attached hydrogen (secondary N) is 1. The average Bonchev–Trinajstić information content (AvgIpc) is 2.48. The molecule has 0 unspecified atom stereocenters. The first kappa shape index (κ1) is 15.4. The summed E-state index contributed by atoms with van der Waals surface area (Å²) in [5, 5.41) is 3.41. The van der Waals surface area contributed by atoms with E-state index in [-0.39, 0.29) is 11.4 Å². The van der Waals surface area contributed by atoms with Gasteiger partial charge in [-0.2, -0.15) is 0 Å². The summed E-state index contributed by atoms with van der Waals surface area (Å²) in [4.78, 5) is 7.56. The highest BCUT2D eigenvalue weighted by atomic mass is 19.1. The minimum absolute atomic E-state index is 0.0769. The molecule has 0 aliphatic carbocycles. The van der Waals surface area contributed by atoms with Crippen LogP contribution in [0.5, 0.6) is 6.01 Å². The number of nitrogens with zero attached hydrogens (tertiary/aromatic N) is 2. The van der Waals surface area contributed by atoms with Gasteiger partial charge in [-0.15, -0.1) is 0 Å². The van der Waals surface area contributed by atoms with E-state index in [9.17, 15) is 4.39 Å². The van der Waals surface area contributed by atoms with Gasteiger partial charge < -0.3 is 10.1 Å². The molecule has 1 aromatic heterocycles. The van der Waals surface area contributed by atoms with Gasteiger partial charge in [0.15, 0.2) is 5.82 Å². The fourth-order valence-electron chi connectivity index (χ4n) is 1.83. The zero-order valence-corrected chi connectivity index (χ0v) is 12.3. The van der Waals surface area contributed by atoms with E-state index >= 15 is 0 Å². The maximum Gasteiger partial charge on any atom is 0.316 e. The third-order valence-corrected chi connectivity index (χ3v) is 2.96. The van der Waals surface area contributed by atoms with Crippen LogP contribution in [0.2, 0.25) is 0 Å². The van der Waals surface area contributed by atoms with Crippen molar-refractivity contribution in [2.45, 2.75) is 20.4 Å². The molecular weight excluding hydrogens is 269 g/mol. The summed E-state index contributed by atoms with van der Waals surface area (Å²) in [6.07, 6.45) is 2.20. The molecule has 2 rings (SSSR count). The van der Waals surface area contributed by atoms with Crippen molar-refractivity contribution in [3.05, 3.63) is 54.1 Å². The Hall–Kier alpha value is -2.01. The molecule has 0 spiro atoms. The van der Waals surface area contributed by atoms with Gasteiger partial charge in [0.1, 0.15) is 0 Å². The second-order valence-electron chi connectivity index (χ2n) is 5.73. The van der Waals surface area contributed by atoms with Crippen molar-refractivity contribution >= 4 is 0 Å². The summed E-state index contributed by atoms with van der Waals surface area (Å²) in [7, 11) is 0. The molecule has 0 bridgehead atoms. The summed E-state index contributed by atoms with van der Waals surface area (Å²) >= 11 is 0. The standard InChI is InChI=1S/C16H20FN3O/c1-16(2,11-18-8-13-6-4-3-5-7-13)12-21-15-19-9-14(17)10-20-15/h3-7,9-10,18H,8,11-12H2,1-2H3. The molecule has 0 amide bonds. The smallest absolute Gasteiger partial charge is 0.316 e. The van der Waals surface area contributed by atoms with Crippen LogP contribution in [0.4, 0.5) is 4.39 Å². The second kappa shape index (κ2) is 7.13. The van der Waals surface area contributed by atoms with Crippen molar-refractivity contribution in [3.8, 4) is 6.01 Å². The fourth-order valence-corrected chi connectivity index (χ4v) is 1.83. The van der Waals surface area contributed by atoms with E-state index in [2.05, 4.69) is 41.3 Å². The molecular formula is C16H20FN3O. The fraction of sp³-hybridized carbons (Fsp3) is 0.375. The number of rotatable bonds is 7. The van der Waals surface area contributed by atoms with Gasteiger partial charge in [-0.1, -0.05) is 44.2 Å². The lowest BCUT2D eigenvalue weighted by atomic mass is 9.95. The number of benzene rings is 1. The second-order valence-corrected chi connectivity index (χ2v) is 5.73. The third-order valence-electron chi connectivity index (χ3n) is 2.96. The van der Waals surface area contributed by atoms with E-state index in [1.807, 2.05) is 18.2 Å². The van der Waals surface area contributed by atoms with E-state index in [1.165, 1.54) is 5.56 Å². The Kier molecular flexibility index (Phi) is 5.22. The minimum atomic E-state index is -0.467.